The first-order valence-corrected chi connectivity index (χ1v) is 7.40. The van der Waals surface area contributed by atoms with Gasteiger partial charge in [0.05, 0.1) is 5.56 Å². The van der Waals surface area contributed by atoms with Gasteiger partial charge in [0.2, 0.25) is 6.41 Å². The van der Waals surface area contributed by atoms with Crippen LogP contribution in [0, 0.1) is 0 Å². The highest BCUT2D eigenvalue weighted by Gasteiger charge is 2.32. The van der Waals surface area contributed by atoms with Gasteiger partial charge in [0, 0.05) is 25.3 Å². The van der Waals surface area contributed by atoms with Gasteiger partial charge in [-0.05, 0) is 12.5 Å². The molecule has 0 aliphatic carbocycles. The Kier molecular flexibility index (Phi) is 7.03. The van der Waals surface area contributed by atoms with E-state index in [1.807, 2.05) is 0 Å². The number of carbonyl (C=O) groups excluding carboxylic acids is 4. The molecule has 24 heavy (non-hydrogen) atoms. The molecular weight excluding hydrogens is 317 g/mol. The maximum Gasteiger partial charge on any atom is 0.280 e. The quantitative estimate of drug-likeness (QED) is 0.576. The van der Waals surface area contributed by atoms with E-state index in [4.69, 9.17) is 0 Å². The molecule has 1 aromatic rings. The maximum absolute atomic E-state index is 13.3. The Hall–Kier alpha value is -2.77. The molecule has 7 nitrogen and oxygen atoms in total. The van der Waals surface area contributed by atoms with E-state index < -0.39 is 23.0 Å². The van der Waals surface area contributed by atoms with Crippen LogP contribution in [0.3, 0.4) is 0 Å². The van der Waals surface area contributed by atoms with Crippen molar-refractivity contribution in [2.45, 2.75) is 25.8 Å². The van der Waals surface area contributed by atoms with Crippen LogP contribution in [0.5, 0.6) is 0 Å². The van der Waals surface area contributed by atoms with Crippen LogP contribution in [0.25, 0.3) is 0 Å². The molecule has 1 aromatic carbocycles. The minimum absolute atomic E-state index is 0.0860. The number of nitrogens with zero attached hydrogens (tertiary/aromatic N) is 2. The fourth-order valence-corrected chi connectivity index (χ4v) is 2.38. The van der Waals surface area contributed by atoms with Gasteiger partial charge >= 0.3 is 0 Å². The van der Waals surface area contributed by atoms with Gasteiger partial charge in [-0.25, -0.2) is 0 Å². The first-order chi connectivity index (χ1) is 11.4. The second kappa shape index (κ2) is 8.76. The zero-order valence-electron chi connectivity index (χ0n) is 13.8. The van der Waals surface area contributed by atoms with E-state index in [1.165, 1.54) is 13.1 Å². The lowest BCUT2D eigenvalue weighted by Crippen LogP contribution is -2.47. The molecule has 130 valence electrons. The van der Waals surface area contributed by atoms with Gasteiger partial charge in [0.25, 0.3) is 11.8 Å². The van der Waals surface area contributed by atoms with E-state index >= 15 is 0 Å². The van der Waals surface area contributed by atoms with Crippen LogP contribution < -0.4 is 5.32 Å². The second-order valence-electron chi connectivity index (χ2n) is 5.11. The van der Waals surface area contributed by atoms with Crippen molar-refractivity contribution in [2.24, 2.45) is 0 Å². The summed E-state index contributed by atoms with van der Waals surface area (Å²) in [6.45, 7) is 1.76. The Morgan fingerprint density at radius 2 is 2.00 bits per heavy atom. The van der Waals surface area contributed by atoms with Crippen molar-refractivity contribution in [2.75, 3.05) is 19.4 Å². The number of anilines is 1. The average Bonchev–Trinajstić information content (AvgIpc) is 2.62. The van der Waals surface area contributed by atoms with Crippen molar-refractivity contribution >= 4 is 30.2 Å². The second-order valence-corrected chi connectivity index (χ2v) is 5.11. The van der Waals surface area contributed by atoms with Gasteiger partial charge < -0.3 is 10.2 Å². The molecule has 1 atom stereocenters. The van der Waals surface area contributed by atoms with Gasteiger partial charge in [-0.15, -0.1) is 5.12 Å². The fourth-order valence-electron chi connectivity index (χ4n) is 2.38. The minimum atomic E-state index is -1.15. The topological polar surface area (TPSA) is 86.8 Å². The SMILES string of the molecule is CCCC(C(=O)N(F)C=O)N(C)C(=O)c1c(C=O)cccc1NC. The Morgan fingerprint density at radius 1 is 1.33 bits per heavy atom. The van der Waals surface area contributed by atoms with Crippen molar-refractivity contribution in [1.82, 2.24) is 10.0 Å². The molecule has 1 rings (SSSR count). The summed E-state index contributed by atoms with van der Waals surface area (Å²) in [7, 11) is 2.92. The molecule has 0 aliphatic heterocycles. The maximum atomic E-state index is 13.3. The zero-order chi connectivity index (χ0) is 18.3. The van der Waals surface area contributed by atoms with E-state index in [2.05, 4.69) is 5.32 Å². The van der Waals surface area contributed by atoms with Gasteiger partial charge in [0.1, 0.15) is 6.04 Å². The van der Waals surface area contributed by atoms with Crippen LogP contribution in [0.2, 0.25) is 0 Å². The number of imide groups is 1. The fraction of sp³-hybridized carbons (Fsp3) is 0.375. The van der Waals surface area contributed by atoms with E-state index in [-0.39, 0.29) is 24.0 Å². The summed E-state index contributed by atoms with van der Waals surface area (Å²) in [5, 5.41) is 2.23. The lowest BCUT2D eigenvalue weighted by atomic mass is 10.0. The normalized spacial score (nSPS) is 11.3. The number of nitrogens with one attached hydrogen (secondary N) is 1. The Balaban J connectivity index is 3.27. The Morgan fingerprint density at radius 3 is 2.50 bits per heavy atom. The van der Waals surface area contributed by atoms with E-state index in [0.717, 1.165) is 4.90 Å². The highest BCUT2D eigenvalue weighted by atomic mass is 19.2. The molecule has 0 bridgehead atoms. The number of hydrogen-bond donors (Lipinski definition) is 1. The Bertz CT molecular complexity index is 636. The van der Waals surface area contributed by atoms with Crippen molar-refractivity contribution in [1.29, 1.82) is 0 Å². The number of hydrogen-bond acceptors (Lipinski definition) is 5. The van der Waals surface area contributed by atoms with Crippen LogP contribution in [-0.2, 0) is 9.59 Å². The standard InChI is InChI=1S/C16H20FN3O4/c1-4-6-13(15(23)20(17)10-22)19(3)16(24)14-11(9-21)7-5-8-12(14)18-2/h5,7-10,13,18H,4,6H2,1-3H3. The molecular formula is C16H20FN3O4. The number of amides is 3. The minimum Gasteiger partial charge on any atom is -0.387 e. The number of aldehydes is 1. The third-order valence-corrected chi connectivity index (χ3v) is 3.64. The van der Waals surface area contributed by atoms with Crippen molar-refractivity contribution < 1.29 is 23.7 Å². The predicted molar refractivity (Wildman–Crippen MR) is 86.2 cm³/mol. The molecule has 0 aromatic heterocycles. The summed E-state index contributed by atoms with van der Waals surface area (Å²) in [4.78, 5) is 47.5. The van der Waals surface area contributed by atoms with Gasteiger partial charge in [-0.1, -0.05) is 30.0 Å². The number of halogens is 1. The van der Waals surface area contributed by atoms with Crippen molar-refractivity contribution in [3.63, 3.8) is 0 Å². The lowest BCUT2D eigenvalue weighted by molar-refractivity contribution is -0.157. The van der Waals surface area contributed by atoms with E-state index in [1.54, 1.807) is 26.1 Å². The summed E-state index contributed by atoms with van der Waals surface area (Å²) < 4.78 is 13.3. The van der Waals surface area contributed by atoms with E-state index in [0.29, 0.717) is 18.4 Å². The van der Waals surface area contributed by atoms with Crippen LogP contribution in [0.15, 0.2) is 18.2 Å². The number of carbonyl (C=O) groups is 4. The third-order valence-electron chi connectivity index (χ3n) is 3.64. The number of likely N-dealkylation sites (N-methyl/N-ethyl adjacent to an activating group) is 1. The number of benzene rings is 1. The highest BCUT2D eigenvalue weighted by Crippen LogP contribution is 2.22. The summed E-state index contributed by atoms with van der Waals surface area (Å²) in [6, 6.07) is 3.54. The molecule has 3 amide bonds. The van der Waals surface area contributed by atoms with Crippen LogP contribution in [0.1, 0.15) is 40.5 Å². The van der Waals surface area contributed by atoms with Crippen LogP contribution in [-0.4, -0.2) is 54.7 Å². The summed E-state index contributed by atoms with van der Waals surface area (Å²) in [5.41, 5.74) is 0.642. The molecule has 0 fully saturated rings. The highest BCUT2D eigenvalue weighted by molar-refractivity contribution is 6.07. The first kappa shape index (κ1) is 19.3. The van der Waals surface area contributed by atoms with Gasteiger partial charge in [-0.2, -0.15) is 0 Å². The molecule has 0 spiro atoms. The third kappa shape index (κ3) is 3.95. The summed E-state index contributed by atoms with van der Waals surface area (Å²) >= 11 is 0. The smallest absolute Gasteiger partial charge is 0.280 e. The molecule has 0 saturated carbocycles. The summed E-state index contributed by atoms with van der Waals surface area (Å²) in [5.74, 6) is -1.74. The first-order valence-electron chi connectivity index (χ1n) is 7.40. The monoisotopic (exact) mass is 337 g/mol. The largest absolute Gasteiger partial charge is 0.387 e. The summed E-state index contributed by atoms with van der Waals surface area (Å²) in [6.07, 6.45) is 0.954. The van der Waals surface area contributed by atoms with E-state index in [9.17, 15) is 23.7 Å². The molecule has 0 aliphatic rings. The molecule has 0 saturated heterocycles. The average molecular weight is 337 g/mol. The van der Waals surface area contributed by atoms with Gasteiger partial charge in [0.15, 0.2) is 6.29 Å². The molecule has 1 N–H and O–H groups in total. The molecule has 8 heteroatoms. The number of rotatable bonds is 8. The molecule has 0 heterocycles. The molecule has 0 radical (unpaired) electrons. The zero-order valence-corrected chi connectivity index (χ0v) is 13.8. The predicted octanol–water partition coefficient (Wildman–Crippen LogP) is 1.65. The van der Waals surface area contributed by atoms with Crippen molar-refractivity contribution in [3.05, 3.63) is 29.3 Å². The van der Waals surface area contributed by atoms with Crippen LogP contribution >= 0.6 is 0 Å². The van der Waals surface area contributed by atoms with Gasteiger partial charge in [-0.3, -0.25) is 19.2 Å². The Labute approximate surface area is 139 Å². The van der Waals surface area contributed by atoms with Crippen molar-refractivity contribution in [3.8, 4) is 0 Å². The lowest BCUT2D eigenvalue weighted by Gasteiger charge is -2.28. The molecule has 1 unspecified atom stereocenters. The van der Waals surface area contributed by atoms with Crippen LogP contribution in [0.4, 0.5) is 10.2 Å².